The molecule has 0 unspecified atom stereocenters. The van der Waals surface area contributed by atoms with Crippen LogP contribution in [0, 0.1) is 0 Å². The van der Waals surface area contributed by atoms with E-state index >= 15 is 0 Å². The Morgan fingerprint density at radius 2 is 1.79 bits per heavy atom. The molecule has 0 atom stereocenters. The second-order valence-corrected chi connectivity index (χ2v) is 6.71. The number of phenols is 2. The number of carbonyl (C=O) groups excluding carboxylic acids is 1. The first kappa shape index (κ1) is 18.6. The molecule has 0 aromatic heterocycles. The van der Waals surface area contributed by atoms with Crippen LogP contribution in [0.4, 0.5) is 5.69 Å². The number of benzene rings is 2. The minimum absolute atomic E-state index is 0.0830. The van der Waals surface area contributed by atoms with Gasteiger partial charge in [-0.05, 0) is 68.3 Å². The van der Waals surface area contributed by atoms with Crippen LogP contribution in [0.25, 0.3) is 6.08 Å². The third-order valence-electron chi connectivity index (χ3n) is 3.00. The first-order valence-electron chi connectivity index (χ1n) is 6.48. The van der Waals surface area contributed by atoms with Gasteiger partial charge in [0, 0.05) is 16.3 Å². The SMILES string of the molecule is NNC(=O)/C(=C\c1cc(Br)c(O)c(Br)c1O)Nc1ccc(Cl)cc1. The molecule has 2 aromatic carbocycles. The van der Waals surface area contributed by atoms with Crippen molar-refractivity contribution in [2.75, 3.05) is 5.32 Å². The summed E-state index contributed by atoms with van der Waals surface area (Å²) in [6, 6.07) is 8.15. The van der Waals surface area contributed by atoms with Gasteiger partial charge in [-0.15, -0.1) is 0 Å². The van der Waals surface area contributed by atoms with Gasteiger partial charge in [0.1, 0.15) is 21.7 Å². The topological polar surface area (TPSA) is 108 Å². The molecule has 2 aromatic rings. The third kappa shape index (κ3) is 4.21. The van der Waals surface area contributed by atoms with Gasteiger partial charge in [-0.1, -0.05) is 11.6 Å². The molecule has 24 heavy (non-hydrogen) atoms. The highest BCUT2D eigenvalue weighted by molar-refractivity contribution is 9.11. The van der Waals surface area contributed by atoms with E-state index in [1.807, 2.05) is 5.43 Å². The highest BCUT2D eigenvalue weighted by Crippen LogP contribution is 2.42. The maximum Gasteiger partial charge on any atom is 0.281 e. The Morgan fingerprint density at radius 3 is 2.38 bits per heavy atom. The summed E-state index contributed by atoms with van der Waals surface area (Å²) in [5, 5.41) is 23.3. The zero-order valence-corrected chi connectivity index (χ0v) is 15.9. The van der Waals surface area contributed by atoms with Gasteiger partial charge in [0.15, 0.2) is 0 Å². The van der Waals surface area contributed by atoms with Crippen LogP contribution in [0.1, 0.15) is 5.56 Å². The number of carbonyl (C=O) groups is 1. The first-order valence-corrected chi connectivity index (χ1v) is 8.45. The lowest BCUT2D eigenvalue weighted by Gasteiger charge is -2.12. The van der Waals surface area contributed by atoms with Crippen LogP contribution < -0.4 is 16.6 Å². The Kier molecular flexibility index (Phi) is 6.11. The zero-order chi connectivity index (χ0) is 17.9. The number of nitrogens with one attached hydrogen (secondary N) is 2. The molecule has 1 amide bonds. The van der Waals surface area contributed by atoms with Crippen LogP contribution in [-0.2, 0) is 4.79 Å². The molecule has 126 valence electrons. The van der Waals surface area contributed by atoms with E-state index in [1.165, 1.54) is 12.1 Å². The molecule has 0 fully saturated rings. The van der Waals surface area contributed by atoms with Crippen LogP contribution >= 0.6 is 43.5 Å². The fraction of sp³-hybridized carbons (Fsp3) is 0. The fourth-order valence-electron chi connectivity index (χ4n) is 1.81. The van der Waals surface area contributed by atoms with Gasteiger partial charge < -0.3 is 15.5 Å². The molecule has 2 rings (SSSR count). The predicted molar refractivity (Wildman–Crippen MR) is 101 cm³/mol. The third-order valence-corrected chi connectivity index (χ3v) is 4.60. The lowest BCUT2D eigenvalue weighted by atomic mass is 10.1. The molecular formula is C15H12Br2ClN3O3. The summed E-state index contributed by atoms with van der Waals surface area (Å²) in [6.07, 6.45) is 1.39. The molecule has 0 spiro atoms. The second kappa shape index (κ2) is 7.89. The number of rotatable bonds is 4. The highest BCUT2D eigenvalue weighted by atomic mass is 79.9. The summed E-state index contributed by atoms with van der Waals surface area (Å²) >= 11 is 12.1. The van der Waals surface area contributed by atoms with Gasteiger partial charge in [-0.25, -0.2) is 5.84 Å². The van der Waals surface area contributed by atoms with Crippen LogP contribution in [-0.4, -0.2) is 16.1 Å². The van der Waals surface area contributed by atoms with Gasteiger partial charge in [0.05, 0.1) is 4.47 Å². The second-order valence-electron chi connectivity index (χ2n) is 4.62. The Bertz CT molecular complexity index is 811. The van der Waals surface area contributed by atoms with Crippen molar-refractivity contribution in [2.45, 2.75) is 0 Å². The van der Waals surface area contributed by atoms with Crippen molar-refractivity contribution in [1.82, 2.24) is 5.43 Å². The summed E-state index contributed by atoms with van der Waals surface area (Å²) in [5.74, 6) is 4.23. The first-order chi connectivity index (χ1) is 11.3. The number of hydrogen-bond acceptors (Lipinski definition) is 5. The summed E-state index contributed by atoms with van der Waals surface area (Å²) in [7, 11) is 0. The number of hydrogen-bond donors (Lipinski definition) is 5. The van der Waals surface area contributed by atoms with E-state index in [0.717, 1.165) is 0 Å². The smallest absolute Gasteiger partial charge is 0.281 e. The van der Waals surface area contributed by atoms with E-state index in [-0.39, 0.29) is 27.2 Å². The molecule has 0 heterocycles. The van der Waals surface area contributed by atoms with E-state index in [2.05, 4.69) is 37.2 Å². The van der Waals surface area contributed by atoms with Crippen molar-refractivity contribution >= 4 is 61.1 Å². The van der Waals surface area contributed by atoms with E-state index < -0.39 is 5.91 Å². The molecule has 9 heteroatoms. The lowest BCUT2D eigenvalue weighted by Crippen LogP contribution is -2.33. The van der Waals surface area contributed by atoms with Crippen LogP contribution in [0.15, 0.2) is 45.0 Å². The Hall–Kier alpha value is -1.74. The van der Waals surface area contributed by atoms with Crippen LogP contribution in [0.3, 0.4) is 0 Å². The van der Waals surface area contributed by atoms with Crippen molar-refractivity contribution in [3.8, 4) is 11.5 Å². The zero-order valence-electron chi connectivity index (χ0n) is 12.0. The lowest BCUT2D eigenvalue weighted by molar-refractivity contribution is -0.117. The average Bonchev–Trinajstić information content (AvgIpc) is 2.58. The summed E-state index contributed by atoms with van der Waals surface area (Å²) in [4.78, 5) is 12.0. The number of aromatic hydroxyl groups is 2. The Balaban J connectivity index is 2.46. The Labute approximate surface area is 159 Å². The monoisotopic (exact) mass is 475 g/mol. The van der Waals surface area contributed by atoms with Crippen molar-refractivity contribution in [2.24, 2.45) is 5.84 Å². The summed E-state index contributed by atoms with van der Waals surface area (Å²) < 4.78 is 0.444. The maximum atomic E-state index is 12.0. The van der Waals surface area contributed by atoms with E-state index in [0.29, 0.717) is 15.2 Å². The van der Waals surface area contributed by atoms with Gasteiger partial charge in [0.2, 0.25) is 0 Å². The number of amides is 1. The predicted octanol–water partition coefficient (Wildman–Crippen LogP) is 3.72. The molecule has 0 aliphatic carbocycles. The number of hydrazine groups is 1. The molecule has 0 saturated heterocycles. The van der Waals surface area contributed by atoms with Gasteiger partial charge >= 0.3 is 0 Å². The summed E-state index contributed by atoms with van der Waals surface area (Å²) in [5.41, 5.74) is 3.00. The molecule has 0 saturated carbocycles. The largest absolute Gasteiger partial charge is 0.506 e. The number of phenolic OH excluding ortho intramolecular Hbond substituents is 2. The van der Waals surface area contributed by atoms with E-state index in [1.54, 1.807) is 24.3 Å². The van der Waals surface area contributed by atoms with Gasteiger partial charge in [0.25, 0.3) is 5.91 Å². The maximum absolute atomic E-state index is 12.0. The minimum atomic E-state index is -0.593. The molecule has 6 N–H and O–H groups in total. The van der Waals surface area contributed by atoms with Gasteiger partial charge in [-0.2, -0.15) is 0 Å². The van der Waals surface area contributed by atoms with E-state index in [9.17, 15) is 15.0 Å². The standard InChI is InChI=1S/C15H12Br2ClN3O3/c16-10-5-7(13(22)12(17)14(10)23)6-11(15(24)21-19)20-9-3-1-8(18)2-4-9/h1-6,20,22-23H,19H2,(H,21,24)/b11-6+. The Morgan fingerprint density at radius 1 is 1.17 bits per heavy atom. The molecule has 0 aliphatic rings. The number of anilines is 1. The molecule has 0 radical (unpaired) electrons. The molecule has 0 aliphatic heterocycles. The van der Waals surface area contributed by atoms with Crippen LogP contribution in [0.5, 0.6) is 11.5 Å². The normalized spacial score (nSPS) is 11.2. The molecular weight excluding hydrogens is 465 g/mol. The van der Waals surface area contributed by atoms with Crippen molar-refractivity contribution < 1.29 is 15.0 Å². The minimum Gasteiger partial charge on any atom is -0.506 e. The van der Waals surface area contributed by atoms with Crippen molar-refractivity contribution in [3.63, 3.8) is 0 Å². The molecule has 6 nitrogen and oxygen atoms in total. The number of nitrogens with two attached hydrogens (primary N) is 1. The highest BCUT2D eigenvalue weighted by Gasteiger charge is 2.15. The van der Waals surface area contributed by atoms with Crippen molar-refractivity contribution in [3.05, 3.63) is 55.6 Å². The van der Waals surface area contributed by atoms with Crippen LogP contribution in [0.2, 0.25) is 5.02 Å². The fourth-order valence-corrected chi connectivity index (χ4v) is 3.09. The average molecular weight is 478 g/mol. The van der Waals surface area contributed by atoms with Crippen molar-refractivity contribution in [1.29, 1.82) is 0 Å². The molecule has 0 bridgehead atoms. The quantitative estimate of drug-likeness (QED) is 0.200. The summed E-state index contributed by atoms with van der Waals surface area (Å²) in [6.45, 7) is 0. The number of halogens is 3. The van der Waals surface area contributed by atoms with Gasteiger partial charge in [-0.3, -0.25) is 10.2 Å². The van der Waals surface area contributed by atoms with E-state index in [4.69, 9.17) is 17.4 Å².